The molecular weight excluding hydrogens is 503 g/mol. The third-order valence-corrected chi connectivity index (χ3v) is 5.64. The fourth-order valence-electron chi connectivity index (χ4n) is 3.82. The summed E-state index contributed by atoms with van der Waals surface area (Å²) in [4.78, 5) is 27.2. The summed E-state index contributed by atoms with van der Waals surface area (Å²) in [5, 5.41) is 9.39. The highest BCUT2D eigenvalue weighted by Gasteiger charge is 2.31. The molecule has 0 aliphatic carbocycles. The minimum Gasteiger partial charge on any atom is -0.465 e. The van der Waals surface area contributed by atoms with E-state index in [4.69, 9.17) is 9.47 Å². The Hall–Kier alpha value is -4.31. The number of ether oxygens (including phenoxy) is 3. The molecule has 2 aromatic carbocycles. The van der Waals surface area contributed by atoms with Crippen LogP contribution in [0.15, 0.2) is 90.7 Å². The summed E-state index contributed by atoms with van der Waals surface area (Å²) in [6, 6.07) is 11.8. The summed E-state index contributed by atoms with van der Waals surface area (Å²) in [5.74, 6) is -2.01. The Morgan fingerprint density at radius 2 is 1.68 bits per heavy atom. The number of carbonyl (C=O) groups is 2. The molecule has 10 heteroatoms. The number of esters is 2. The summed E-state index contributed by atoms with van der Waals surface area (Å²) >= 11 is 0. The maximum absolute atomic E-state index is 12.8. The van der Waals surface area contributed by atoms with Crippen molar-refractivity contribution >= 4 is 17.5 Å². The number of halogens is 3. The first-order valence-electron chi connectivity index (χ1n) is 11.3. The number of benzene rings is 2. The smallest absolute Gasteiger partial charge is 0.465 e. The van der Waals surface area contributed by atoms with Gasteiger partial charge >= 0.3 is 18.3 Å². The maximum atomic E-state index is 12.8. The molecule has 3 rings (SSSR count). The van der Waals surface area contributed by atoms with Crippen molar-refractivity contribution in [3.05, 3.63) is 107 Å². The van der Waals surface area contributed by atoms with Crippen LogP contribution in [0.25, 0.3) is 5.57 Å². The van der Waals surface area contributed by atoms with E-state index in [1.165, 1.54) is 37.6 Å². The van der Waals surface area contributed by atoms with Crippen molar-refractivity contribution in [3.63, 3.8) is 0 Å². The van der Waals surface area contributed by atoms with Crippen molar-refractivity contribution in [1.82, 2.24) is 4.90 Å². The number of alkyl halides is 3. The van der Waals surface area contributed by atoms with Gasteiger partial charge in [-0.15, -0.1) is 19.8 Å². The lowest BCUT2D eigenvalue weighted by Crippen LogP contribution is -2.30. The van der Waals surface area contributed by atoms with Crippen molar-refractivity contribution in [2.24, 2.45) is 0 Å². The number of hydrogen-bond acceptors (Lipinski definition) is 7. The predicted molar refractivity (Wildman–Crippen MR) is 133 cm³/mol. The number of rotatable bonds is 8. The number of carbonyl (C=O) groups excluding carboxylic acids is 2. The van der Waals surface area contributed by atoms with Gasteiger partial charge in [-0.1, -0.05) is 48.6 Å². The summed E-state index contributed by atoms with van der Waals surface area (Å²) in [6.07, 6.45) is 1.39. The molecule has 0 amide bonds. The van der Waals surface area contributed by atoms with Crippen LogP contribution in [0.1, 0.15) is 16.7 Å². The van der Waals surface area contributed by atoms with E-state index < -0.39 is 30.1 Å². The van der Waals surface area contributed by atoms with Gasteiger partial charge in [0.05, 0.1) is 38.0 Å². The lowest BCUT2D eigenvalue weighted by atomic mass is 9.94. The third-order valence-electron chi connectivity index (χ3n) is 5.64. The highest BCUT2D eigenvalue weighted by molar-refractivity contribution is 6.08. The fourth-order valence-corrected chi connectivity index (χ4v) is 3.82. The second kappa shape index (κ2) is 12.3. The van der Waals surface area contributed by atoms with Crippen molar-refractivity contribution < 1.29 is 42.1 Å². The van der Waals surface area contributed by atoms with Gasteiger partial charge in [0.15, 0.2) is 0 Å². The van der Waals surface area contributed by atoms with Gasteiger partial charge in [-0.2, -0.15) is 0 Å². The van der Waals surface area contributed by atoms with Crippen LogP contribution in [0.4, 0.5) is 13.2 Å². The Balaban J connectivity index is 2.17. The van der Waals surface area contributed by atoms with Gasteiger partial charge in [0.2, 0.25) is 0 Å². The van der Waals surface area contributed by atoms with Crippen molar-refractivity contribution in [1.29, 1.82) is 0 Å². The van der Waals surface area contributed by atoms with Gasteiger partial charge in [0.25, 0.3) is 0 Å². The summed E-state index contributed by atoms with van der Waals surface area (Å²) < 4.78 is 52.1. The molecule has 1 N–H and O–H groups in total. The number of nitrogens with zero attached hydrogens (tertiary/aromatic N) is 1. The molecule has 1 aliphatic rings. The first-order chi connectivity index (χ1) is 18.1. The van der Waals surface area contributed by atoms with Gasteiger partial charge < -0.3 is 24.2 Å². The average Bonchev–Trinajstić information content (AvgIpc) is 2.89. The first kappa shape index (κ1) is 28.3. The highest BCUT2D eigenvalue weighted by Crippen LogP contribution is 2.30. The fraction of sp³-hybridized carbons (Fsp3) is 0.214. The van der Waals surface area contributed by atoms with E-state index in [1.807, 2.05) is 0 Å². The SMILES string of the molecule is C=CC1C=C(c2ccc(CO)cc2)C=C(C(=O)OC)C(C(=O)OC)=CN1Cc1cccc(OC(F)(F)F)c1. The second-order valence-electron chi connectivity index (χ2n) is 8.15. The molecule has 1 heterocycles. The van der Waals surface area contributed by atoms with E-state index >= 15 is 0 Å². The minimum atomic E-state index is -4.86. The van der Waals surface area contributed by atoms with Crippen molar-refractivity contribution in [2.45, 2.75) is 25.6 Å². The topological polar surface area (TPSA) is 85.3 Å². The van der Waals surface area contributed by atoms with Crippen LogP contribution in [-0.4, -0.2) is 48.6 Å². The van der Waals surface area contributed by atoms with Gasteiger partial charge in [0.1, 0.15) is 5.75 Å². The molecule has 200 valence electrons. The van der Waals surface area contributed by atoms with E-state index in [9.17, 15) is 27.9 Å². The molecule has 1 atom stereocenters. The van der Waals surface area contributed by atoms with Crippen LogP contribution in [0.2, 0.25) is 0 Å². The number of allylic oxidation sites excluding steroid dienone is 2. The molecule has 0 spiro atoms. The molecule has 0 radical (unpaired) electrons. The van der Waals surface area contributed by atoms with Gasteiger partial charge in [0, 0.05) is 12.7 Å². The third kappa shape index (κ3) is 7.13. The van der Waals surface area contributed by atoms with E-state index in [-0.39, 0.29) is 24.3 Å². The van der Waals surface area contributed by atoms with Crippen LogP contribution in [0.3, 0.4) is 0 Å². The molecule has 1 unspecified atom stereocenters. The van der Waals surface area contributed by atoms with E-state index in [0.717, 1.165) is 7.11 Å². The molecule has 2 aromatic rings. The molecule has 7 nitrogen and oxygen atoms in total. The van der Waals surface area contributed by atoms with Crippen LogP contribution in [0.5, 0.6) is 5.75 Å². The molecule has 0 bridgehead atoms. The molecular formula is C28H26F3NO6. The monoisotopic (exact) mass is 529 g/mol. The first-order valence-corrected chi connectivity index (χ1v) is 11.3. The highest BCUT2D eigenvalue weighted by atomic mass is 19.4. The van der Waals surface area contributed by atoms with Gasteiger partial charge in [-0.05, 0) is 40.5 Å². The quantitative estimate of drug-likeness (QED) is 0.392. The number of methoxy groups -OCH3 is 2. The predicted octanol–water partition coefficient (Wildman–Crippen LogP) is 4.69. The summed E-state index contributed by atoms with van der Waals surface area (Å²) in [6.45, 7) is 3.75. The summed E-state index contributed by atoms with van der Waals surface area (Å²) in [7, 11) is 2.33. The standard InChI is InChI=1S/C28H26F3NO6/c1-4-22-13-21(20-10-8-18(17-33)9-11-20)14-24(26(34)36-2)25(27(35)37-3)16-32(22)15-19-6-5-7-23(12-19)38-28(29,30)31/h4-14,16,22,33H,1,15,17H2,2-3H3. The van der Waals surface area contributed by atoms with E-state index in [1.54, 1.807) is 47.4 Å². The Morgan fingerprint density at radius 3 is 2.26 bits per heavy atom. The number of aliphatic hydroxyl groups is 1. The second-order valence-corrected chi connectivity index (χ2v) is 8.15. The molecule has 0 aromatic heterocycles. The number of hydrogen-bond donors (Lipinski definition) is 1. The van der Waals surface area contributed by atoms with Crippen LogP contribution in [0, 0.1) is 0 Å². The van der Waals surface area contributed by atoms with E-state index in [0.29, 0.717) is 22.3 Å². The lowest BCUT2D eigenvalue weighted by Gasteiger charge is -2.30. The Bertz CT molecular complexity index is 1280. The number of aliphatic hydroxyl groups excluding tert-OH is 1. The maximum Gasteiger partial charge on any atom is 0.573 e. The van der Waals surface area contributed by atoms with Crippen LogP contribution >= 0.6 is 0 Å². The average molecular weight is 530 g/mol. The zero-order valence-electron chi connectivity index (χ0n) is 20.7. The Labute approximate surface area is 217 Å². The lowest BCUT2D eigenvalue weighted by molar-refractivity contribution is -0.274. The van der Waals surface area contributed by atoms with Crippen molar-refractivity contribution in [3.8, 4) is 5.75 Å². The zero-order chi connectivity index (χ0) is 27.9. The summed E-state index contributed by atoms with van der Waals surface area (Å²) in [5.41, 5.74) is 2.11. The van der Waals surface area contributed by atoms with Crippen molar-refractivity contribution in [2.75, 3.05) is 14.2 Å². The molecule has 0 fully saturated rings. The van der Waals surface area contributed by atoms with Gasteiger partial charge in [-0.25, -0.2) is 9.59 Å². The Morgan fingerprint density at radius 1 is 1.03 bits per heavy atom. The minimum absolute atomic E-state index is 0.0217. The Kier molecular flexibility index (Phi) is 9.14. The molecule has 38 heavy (non-hydrogen) atoms. The zero-order valence-corrected chi connectivity index (χ0v) is 20.7. The normalized spacial score (nSPS) is 15.8. The molecule has 0 saturated heterocycles. The van der Waals surface area contributed by atoms with Crippen LogP contribution < -0.4 is 4.74 Å². The van der Waals surface area contributed by atoms with Gasteiger partial charge in [-0.3, -0.25) is 0 Å². The molecule has 0 saturated carbocycles. The largest absolute Gasteiger partial charge is 0.573 e. The molecule has 1 aliphatic heterocycles. The van der Waals surface area contributed by atoms with E-state index in [2.05, 4.69) is 11.3 Å². The van der Waals surface area contributed by atoms with Crippen LogP contribution in [-0.2, 0) is 32.2 Å².